The van der Waals surface area contributed by atoms with E-state index in [1.165, 1.54) is 0 Å². The van der Waals surface area contributed by atoms with Crippen LogP contribution in [0.2, 0.25) is 5.02 Å². The lowest BCUT2D eigenvalue weighted by Gasteiger charge is -2.17. The number of nitrogens with zero attached hydrogens (tertiary/aromatic N) is 3. The topological polar surface area (TPSA) is 86.9 Å². The van der Waals surface area contributed by atoms with Crippen molar-refractivity contribution in [2.75, 3.05) is 25.7 Å². The van der Waals surface area contributed by atoms with Crippen LogP contribution in [0.4, 0.5) is 5.69 Å². The average Bonchev–Trinajstić information content (AvgIpc) is 3.40. The van der Waals surface area contributed by atoms with Crippen molar-refractivity contribution in [2.45, 2.75) is 32.3 Å². The molecule has 1 saturated heterocycles. The Morgan fingerprint density at radius 2 is 1.84 bits per heavy atom. The summed E-state index contributed by atoms with van der Waals surface area (Å²) in [5, 5.41) is 4.55. The molecule has 9 heteroatoms. The molecule has 2 aromatic carbocycles. The van der Waals surface area contributed by atoms with Crippen LogP contribution in [-0.2, 0) is 4.79 Å². The van der Waals surface area contributed by atoms with Gasteiger partial charge in [-0.3, -0.25) is 4.79 Å². The van der Waals surface area contributed by atoms with Crippen molar-refractivity contribution in [1.29, 1.82) is 0 Å². The van der Waals surface area contributed by atoms with Crippen molar-refractivity contribution in [3.63, 3.8) is 0 Å². The first-order chi connectivity index (χ1) is 15.4. The maximum atomic E-state index is 12.6. The predicted molar refractivity (Wildman–Crippen MR) is 120 cm³/mol. The second-order valence-corrected chi connectivity index (χ2v) is 8.12. The summed E-state index contributed by atoms with van der Waals surface area (Å²) < 4.78 is 21.9. The second kappa shape index (κ2) is 9.08. The van der Waals surface area contributed by atoms with Crippen LogP contribution in [0.25, 0.3) is 11.4 Å². The number of methoxy groups -OCH3 is 2. The van der Waals surface area contributed by atoms with E-state index in [1.807, 2.05) is 26.0 Å². The van der Waals surface area contributed by atoms with Crippen molar-refractivity contribution in [3.05, 3.63) is 47.3 Å². The van der Waals surface area contributed by atoms with Gasteiger partial charge in [0.2, 0.25) is 17.6 Å². The molecule has 0 radical (unpaired) electrons. The van der Waals surface area contributed by atoms with E-state index in [4.69, 9.17) is 30.3 Å². The third kappa shape index (κ3) is 4.36. The summed E-state index contributed by atoms with van der Waals surface area (Å²) in [6.07, 6.45) is 0.297. The summed E-state index contributed by atoms with van der Waals surface area (Å²) in [6.45, 7) is 4.32. The van der Waals surface area contributed by atoms with Crippen LogP contribution in [0, 0.1) is 0 Å². The van der Waals surface area contributed by atoms with Gasteiger partial charge in [-0.2, -0.15) is 4.98 Å². The van der Waals surface area contributed by atoms with E-state index in [0.29, 0.717) is 46.2 Å². The molecule has 32 heavy (non-hydrogen) atoms. The first-order valence-corrected chi connectivity index (χ1v) is 10.6. The zero-order valence-corrected chi connectivity index (χ0v) is 19.0. The molecule has 0 aliphatic carbocycles. The number of ether oxygens (including phenoxy) is 3. The molecule has 1 fully saturated rings. The summed E-state index contributed by atoms with van der Waals surface area (Å²) in [5.74, 6) is 2.37. The van der Waals surface area contributed by atoms with Gasteiger partial charge in [0.05, 0.1) is 31.3 Å². The number of halogens is 1. The highest BCUT2D eigenvalue weighted by Gasteiger charge is 2.35. The summed E-state index contributed by atoms with van der Waals surface area (Å²) in [5.41, 5.74) is 1.43. The zero-order chi connectivity index (χ0) is 22.8. The minimum Gasteiger partial charge on any atom is -0.495 e. The van der Waals surface area contributed by atoms with Gasteiger partial charge in [-0.15, -0.1) is 0 Å². The molecule has 1 atom stereocenters. The SMILES string of the molecule is COc1ccc(N2CC(c3nc(-c4ccc(OC(C)C)c(OC)c4)no3)CC2=O)cc1Cl. The van der Waals surface area contributed by atoms with Gasteiger partial charge >= 0.3 is 0 Å². The first kappa shape index (κ1) is 22.0. The van der Waals surface area contributed by atoms with Gasteiger partial charge in [0.25, 0.3) is 0 Å². The lowest BCUT2D eigenvalue weighted by molar-refractivity contribution is -0.117. The molecule has 168 valence electrons. The maximum Gasteiger partial charge on any atom is 0.232 e. The Morgan fingerprint density at radius 1 is 1.09 bits per heavy atom. The largest absolute Gasteiger partial charge is 0.495 e. The molecule has 0 saturated carbocycles. The van der Waals surface area contributed by atoms with Crippen molar-refractivity contribution in [3.8, 4) is 28.6 Å². The lowest BCUT2D eigenvalue weighted by atomic mass is 10.1. The van der Waals surface area contributed by atoms with E-state index < -0.39 is 0 Å². The average molecular weight is 458 g/mol. The van der Waals surface area contributed by atoms with Crippen molar-refractivity contribution >= 4 is 23.2 Å². The Kier molecular flexibility index (Phi) is 6.23. The van der Waals surface area contributed by atoms with E-state index >= 15 is 0 Å². The van der Waals surface area contributed by atoms with E-state index in [-0.39, 0.29) is 24.3 Å². The van der Waals surface area contributed by atoms with Crippen LogP contribution in [0.3, 0.4) is 0 Å². The summed E-state index contributed by atoms with van der Waals surface area (Å²) in [6, 6.07) is 10.7. The van der Waals surface area contributed by atoms with Gasteiger partial charge in [-0.25, -0.2) is 0 Å². The van der Waals surface area contributed by atoms with E-state index in [1.54, 1.807) is 43.4 Å². The molecule has 0 bridgehead atoms. The molecule has 2 heterocycles. The van der Waals surface area contributed by atoms with Gasteiger partial charge < -0.3 is 23.6 Å². The van der Waals surface area contributed by atoms with Crippen molar-refractivity contribution in [2.24, 2.45) is 0 Å². The van der Waals surface area contributed by atoms with E-state index in [2.05, 4.69) is 10.1 Å². The molecule has 8 nitrogen and oxygen atoms in total. The maximum absolute atomic E-state index is 12.6. The highest BCUT2D eigenvalue weighted by Crippen LogP contribution is 2.36. The van der Waals surface area contributed by atoms with Crippen LogP contribution in [-0.4, -0.2) is 42.9 Å². The number of hydrogen-bond donors (Lipinski definition) is 0. The smallest absolute Gasteiger partial charge is 0.232 e. The third-order valence-corrected chi connectivity index (χ3v) is 5.44. The highest BCUT2D eigenvalue weighted by atomic mass is 35.5. The lowest BCUT2D eigenvalue weighted by Crippen LogP contribution is -2.24. The van der Waals surface area contributed by atoms with Gasteiger partial charge in [-0.05, 0) is 50.2 Å². The molecule has 4 rings (SSSR count). The molecule has 0 N–H and O–H groups in total. The predicted octanol–water partition coefficient (Wildman–Crippen LogP) is 4.71. The molecule has 1 amide bonds. The fourth-order valence-electron chi connectivity index (χ4n) is 3.62. The summed E-state index contributed by atoms with van der Waals surface area (Å²) in [4.78, 5) is 18.8. The van der Waals surface area contributed by atoms with Crippen LogP contribution >= 0.6 is 11.6 Å². The van der Waals surface area contributed by atoms with Crippen LogP contribution in [0.1, 0.15) is 32.1 Å². The Bertz CT molecular complexity index is 1130. The minimum absolute atomic E-state index is 0.0231. The highest BCUT2D eigenvalue weighted by molar-refractivity contribution is 6.32. The zero-order valence-electron chi connectivity index (χ0n) is 18.3. The molecule has 1 unspecified atom stereocenters. The second-order valence-electron chi connectivity index (χ2n) is 7.71. The Hall–Kier alpha value is -3.26. The minimum atomic E-state index is -0.213. The monoisotopic (exact) mass is 457 g/mol. The van der Waals surface area contributed by atoms with Crippen LogP contribution in [0.5, 0.6) is 17.2 Å². The number of amides is 1. The van der Waals surface area contributed by atoms with E-state index in [9.17, 15) is 4.79 Å². The molecule has 1 aliphatic heterocycles. The summed E-state index contributed by atoms with van der Waals surface area (Å²) in [7, 11) is 3.13. The van der Waals surface area contributed by atoms with Crippen molar-refractivity contribution < 1.29 is 23.5 Å². The Labute approximate surface area is 191 Å². The van der Waals surface area contributed by atoms with Crippen LogP contribution < -0.4 is 19.1 Å². The standard InChI is InChI=1S/C23H24ClN3O5/c1-13(2)31-19-7-5-14(9-20(19)30-4)22-25-23(32-26-22)15-10-21(28)27(12-15)16-6-8-18(29-3)17(24)11-16/h5-9,11,13,15H,10,12H2,1-4H3. The number of hydrogen-bond acceptors (Lipinski definition) is 7. The summed E-state index contributed by atoms with van der Waals surface area (Å²) >= 11 is 6.22. The first-order valence-electron chi connectivity index (χ1n) is 10.2. The fourth-order valence-corrected chi connectivity index (χ4v) is 3.87. The number of rotatable bonds is 7. The third-order valence-electron chi connectivity index (χ3n) is 5.15. The normalized spacial score (nSPS) is 16.0. The van der Waals surface area contributed by atoms with Crippen LogP contribution in [0.15, 0.2) is 40.9 Å². The fraction of sp³-hybridized carbons (Fsp3) is 0.348. The number of carbonyl (C=O) groups is 1. The van der Waals surface area contributed by atoms with Crippen molar-refractivity contribution in [1.82, 2.24) is 10.1 Å². The van der Waals surface area contributed by atoms with Gasteiger partial charge in [0.1, 0.15) is 5.75 Å². The molecule has 3 aromatic rings. The van der Waals surface area contributed by atoms with Gasteiger partial charge in [-0.1, -0.05) is 16.8 Å². The van der Waals surface area contributed by atoms with Gasteiger partial charge in [0, 0.05) is 24.2 Å². The molecular formula is C23H24ClN3O5. The molecule has 1 aliphatic rings. The van der Waals surface area contributed by atoms with E-state index in [0.717, 1.165) is 5.56 Å². The number of carbonyl (C=O) groups excluding carboxylic acids is 1. The molecule has 1 aromatic heterocycles. The quantitative estimate of drug-likeness (QED) is 0.507. The Morgan fingerprint density at radius 3 is 2.53 bits per heavy atom. The van der Waals surface area contributed by atoms with Gasteiger partial charge in [0.15, 0.2) is 11.5 Å². The number of anilines is 1. The Balaban J connectivity index is 1.53. The number of aromatic nitrogens is 2. The molecule has 0 spiro atoms. The molecular weight excluding hydrogens is 434 g/mol. The number of benzene rings is 2.